The van der Waals surface area contributed by atoms with E-state index in [0.717, 1.165) is 24.5 Å². The fourth-order valence-corrected chi connectivity index (χ4v) is 1.50. The van der Waals surface area contributed by atoms with Gasteiger partial charge >= 0.3 is 0 Å². The minimum Gasteiger partial charge on any atom is -0.327 e. The number of rotatable bonds is 4. The Kier molecular flexibility index (Phi) is 3.92. The van der Waals surface area contributed by atoms with Crippen molar-refractivity contribution in [3.05, 3.63) is 29.9 Å². The summed E-state index contributed by atoms with van der Waals surface area (Å²) in [5, 5.41) is 3.47. The first-order chi connectivity index (χ1) is 7.29. The van der Waals surface area contributed by atoms with Crippen LogP contribution in [0.3, 0.4) is 0 Å². The third-order valence-corrected chi connectivity index (χ3v) is 2.37. The molecule has 3 nitrogen and oxygen atoms in total. The number of nitrogens with one attached hydrogen (secondary N) is 1. The highest BCUT2D eigenvalue weighted by atomic mass is 15.1. The van der Waals surface area contributed by atoms with Crippen molar-refractivity contribution < 1.29 is 0 Å². The standard InChI is InChI=1S/C13H23N3/c1-10(2)9-16-11(3)14-7-12(16)8-15-13(4,5)6/h7,15H,1,8-9H2,2-6H3. The van der Waals surface area contributed by atoms with Crippen LogP contribution in [0.25, 0.3) is 0 Å². The molecule has 0 aliphatic heterocycles. The molecule has 0 saturated carbocycles. The average Bonchev–Trinajstić information content (AvgIpc) is 2.43. The Labute approximate surface area is 98.6 Å². The highest BCUT2D eigenvalue weighted by molar-refractivity contribution is 5.08. The zero-order chi connectivity index (χ0) is 12.3. The van der Waals surface area contributed by atoms with Crippen LogP contribution in [0.5, 0.6) is 0 Å². The molecule has 0 radical (unpaired) electrons. The van der Waals surface area contributed by atoms with Gasteiger partial charge in [0.1, 0.15) is 5.82 Å². The van der Waals surface area contributed by atoms with Gasteiger partial charge in [0.25, 0.3) is 0 Å². The van der Waals surface area contributed by atoms with Crippen molar-refractivity contribution >= 4 is 0 Å². The van der Waals surface area contributed by atoms with Gasteiger partial charge in [-0.1, -0.05) is 12.2 Å². The molecule has 0 amide bonds. The number of imidazole rings is 1. The van der Waals surface area contributed by atoms with Gasteiger partial charge in [0.15, 0.2) is 0 Å². The van der Waals surface area contributed by atoms with Crippen LogP contribution >= 0.6 is 0 Å². The molecular formula is C13H23N3. The van der Waals surface area contributed by atoms with E-state index in [1.165, 1.54) is 5.69 Å². The van der Waals surface area contributed by atoms with Gasteiger partial charge in [-0.3, -0.25) is 0 Å². The number of hydrogen-bond acceptors (Lipinski definition) is 2. The zero-order valence-corrected chi connectivity index (χ0v) is 11.1. The van der Waals surface area contributed by atoms with Gasteiger partial charge in [0.05, 0.1) is 5.69 Å². The molecule has 0 spiro atoms. The van der Waals surface area contributed by atoms with Gasteiger partial charge in [-0.25, -0.2) is 4.98 Å². The number of aromatic nitrogens is 2. The van der Waals surface area contributed by atoms with E-state index in [2.05, 4.69) is 42.2 Å². The fourth-order valence-electron chi connectivity index (χ4n) is 1.50. The Bertz CT molecular complexity index is 369. The van der Waals surface area contributed by atoms with Crippen molar-refractivity contribution in [1.82, 2.24) is 14.9 Å². The smallest absolute Gasteiger partial charge is 0.106 e. The molecule has 0 aliphatic carbocycles. The summed E-state index contributed by atoms with van der Waals surface area (Å²) in [5.41, 5.74) is 2.50. The van der Waals surface area contributed by atoms with Crippen molar-refractivity contribution in [1.29, 1.82) is 0 Å². The Hall–Kier alpha value is -1.09. The summed E-state index contributed by atoms with van der Waals surface area (Å²) in [6, 6.07) is 0. The Morgan fingerprint density at radius 1 is 1.50 bits per heavy atom. The van der Waals surface area contributed by atoms with E-state index in [1.54, 1.807) is 0 Å². The van der Waals surface area contributed by atoms with Crippen LogP contribution < -0.4 is 5.32 Å². The highest BCUT2D eigenvalue weighted by Crippen LogP contribution is 2.09. The van der Waals surface area contributed by atoms with Crippen LogP contribution in [0.2, 0.25) is 0 Å². The second-order valence-electron chi connectivity index (χ2n) is 5.44. The van der Waals surface area contributed by atoms with Gasteiger partial charge in [-0.2, -0.15) is 0 Å². The summed E-state index contributed by atoms with van der Waals surface area (Å²) < 4.78 is 2.21. The van der Waals surface area contributed by atoms with Crippen molar-refractivity contribution in [3.63, 3.8) is 0 Å². The first-order valence-electron chi connectivity index (χ1n) is 5.70. The summed E-state index contributed by atoms with van der Waals surface area (Å²) in [5.74, 6) is 1.05. The molecule has 90 valence electrons. The monoisotopic (exact) mass is 221 g/mol. The quantitative estimate of drug-likeness (QED) is 0.792. The lowest BCUT2D eigenvalue weighted by Gasteiger charge is -2.21. The molecule has 0 fully saturated rings. The molecule has 3 heteroatoms. The normalized spacial score (nSPS) is 11.8. The van der Waals surface area contributed by atoms with Gasteiger partial charge in [-0.15, -0.1) is 0 Å². The van der Waals surface area contributed by atoms with Gasteiger partial charge in [-0.05, 0) is 34.6 Å². The summed E-state index contributed by atoms with van der Waals surface area (Å²) >= 11 is 0. The molecule has 0 atom stereocenters. The predicted octanol–water partition coefficient (Wildman–Crippen LogP) is 2.66. The van der Waals surface area contributed by atoms with Crippen LogP contribution in [-0.2, 0) is 13.1 Å². The Balaban J connectivity index is 2.76. The molecule has 1 heterocycles. The van der Waals surface area contributed by atoms with E-state index >= 15 is 0 Å². The summed E-state index contributed by atoms with van der Waals surface area (Å²) in [7, 11) is 0. The minimum absolute atomic E-state index is 0.131. The summed E-state index contributed by atoms with van der Waals surface area (Å²) in [6.45, 7) is 16.2. The minimum atomic E-state index is 0.131. The topological polar surface area (TPSA) is 29.9 Å². The number of allylic oxidation sites excluding steroid dienone is 1. The molecule has 0 aromatic carbocycles. The van der Waals surface area contributed by atoms with E-state index in [0.29, 0.717) is 0 Å². The maximum atomic E-state index is 4.35. The summed E-state index contributed by atoms with van der Waals surface area (Å²) in [4.78, 5) is 4.35. The molecule has 0 aliphatic rings. The zero-order valence-electron chi connectivity index (χ0n) is 11.1. The number of nitrogens with zero attached hydrogens (tertiary/aromatic N) is 2. The SMILES string of the molecule is C=C(C)Cn1c(CNC(C)(C)C)cnc1C. The number of aryl methyl sites for hydroxylation is 1. The molecule has 1 aromatic rings. The van der Waals surface area contributed by atoms with Gasteiger partial charge in [0.2, 0.25) is 0 Å². The molecule has 0 bridgehead atoms. The largest absolute Gasteiger partial charge is 0.327 e. The molecular weight excluding hydrogens is 198 g/mol. The van der Waals surface area contributed by atoms with Crippen molar-refractivity contribution in [3.8, 4) is 0 Å². The second kappa shape index (κ2) is 4.83. The number of hydrogen-bond donors (Lipinski definition) is 1. The van der Waals surface area contributed by atoms with Crippen molar-refractivity contribution in [2.24, 2.45) is 0 Å². The molecule has 0 saturated heterocycles. The lowest BCUT2D eigenvalue weighted by atomic mass is 10.1. The third-order valence-electron chi connectivity index (χ3n) is 2.37. The fraction of sp³-hybridized carbons (Fsp3) is 0.615. The van der Waals surface area contributed by atoms with Gasteiger partial charge in [0, 0.05) is 24.8 Å². The van der Waals surface area contributed by atoms with Crippen molar-refractivity contribution in [2.45, 2.75) is 53.2 Å². The predicted molar refractivity (Wildman–Crippen MR) is 68.4 cm³/mol. The van der Waals surface area contributed by atoms with E-state index in [9.17, 15) is 0 Å². The molecule has 1 N–H and O–H groups in total. The first kappa shape index (κ1) is 13.0. The van der Waals surface area contributed by atoms with Crippen LogP contribution in [-0.4, -0.2) is 15.1 Å². The van der Waals surface area contributed by atoms with E-state index in [4.69, 9.17) is 0 Å². The van der Waals surface area contributed by atoms with Crippen LogP contribution in [0.1, 0.15) is 39.2 Å². The van der Waals surface area contributed by atoms with Crippen LogP contribution in [0, 0.1) is 6.92 Å². The molecule has 0 unspecified atom stereocenters. The molecule has 16 heavy (non-hydrogen) atoms. The highest BCUT2D eigenvalue weighted by Gasteiger charge is 2.11. The second-order valence-corrected chi connectivity index (χ2v) is 5.44. The maximum absolute atomic E-state index is 4.35. The van der Waals surface area contributed by atoms with E-state index in [-0.39, 0.29) is 5.54 Å². The maximum Gasteiger partial charge on any atom is 0.106 e. The van der Waals surface area contributed by atoms with Crippen LogP contribution in [0.4, 0.5) is 0 Å². The van der Waals surface area contributed by atoms with E-state index < -0.39 is 0 Å². The lowest BCUT2D eigenvalue weighted by molar-refractivity contribution is 0.416. The molecule has 1 aromatic heterocycles. The lowest BCUT2D eigenvalue weighted by Crippen LogP contribution is -2.35. The summed E-state index contributed by atoms with van der Waals surface area (Å²) in [6.07, 6.45) is 1.94. The third kappa shape index (κ3) is 3.81. The first-order valence-corrected chi connectivity index (χ1v) is 5.70. The van der Waals surface area contributed by atoms with Gasteiger partial charge < -0.3 is 9.88 Å². The van der Waals surface area contributed by atoms with Crippen molar-refractivity contribution in [2.75, 3.05) is 0 Å². The Morgan fingerprint density at radius 2 is 2.12 bits per heavy atom. The average molecular weight is 221 g/mol. The van der Waals surface area contributed by atoms with E-state index in [1.807, 2.05) is 20.0 Å². The Morgan fingerprint density at radius 3 is 2.62 bits per heavy atom. The molecule has 1 rings (SSSR count). The van der Waals surface area contributed by atoms with Crippen LogP contribution in [0.15, 0.2) is 18.3 Å².